The SMILES string of the molecule is CCCN(CC(=O)O)C(C)C(=O)Nc1c(CC)cccc1CC. The van der Waals surface area contributed by atoms with Crippen molar-refractivity contribution in [3.8, 4) is 0 Å². The molecule has 0 heterocycles. The maximum absolute atomic E-state index is 12.6. The van der Waals surface area contributed by atoms with Crippen LogP contribution < -0.4 is 5.32 Å². The van der Waals surface area contributed by atoms with Gasteiger partial charge in [0.05, 0.1) is 12.6 Å². The number of carbonyl (C=O) groups excluding carboxylic acids is 1. The van der Waals surface area contributed by atoms with Gasteiger partial charge in [0.25, 0.3) is 0 Å². The maximum Gasteiger partial charge on any atom is 0.317 e. The van der Waals surface area contributed by atoms with Crippen molar-refractivity contribution in [1.29, 1.82) is 0 Å². The zero-order valence-electron chi connectivity index (χ0n) is 14.6. The first kappa shape index (κ1) is 19.2. The van der Waals surface area contributed by atoms with Gasteiger partial charge in [0.15, 0.2) is 0 Å². The molecule has 1 unspecified atom stereocenters. The molecule has 2 N–H and O–H groups in total. The average molecular weight is 320 g/mol. The lowest BCUT2D eigenvalue weighted by atomic mass is 10.0. The normalized spacial score (nSPS) is 12.2. The Kier molecular flexibility index (Phi) is 7.75. The van der Waals surface area contributed by atoms with Crippen LogP contribution in [0.4, 0.5) is 5.69 Å². The van der Waals surface area contributed by atoms with Crippen LogP contribution in [0.15, 0.2) is 18.2 Å². The van der Waals surface area contributed by atoms with Crippen LogP contribution in [0, 0.1) is 0 Å². The van der Waals surface area contributed by atoms with E-state index in [0.29, 0.717) is 6.54 Å². The number of benzene rings is 1. The van der Waals surface area contributed by atoms with Crippen LogP contribution >= 0.6 is 0 Å². The molecular weight excluding hydrogens is 292 g/mol. The Morgan fingerprint density at radius 3 is 2.17 bits per heavy atom. The van der Waals surface area contributed by atoms with Crippen LogP contribution in [0.25, 0.3) is 0 Å². The largest absolute Gasteiger partial charge is 0.480 e. The van der Waals surface area contributed by atoms with Gasteiger partial charge in [-0.25, -0.2) is 0 Å². The standard InChI is InChI=1S/C18H28N2O3/c1-5-11-20(12-16(21)22)13(4)18(23)19-17-14(6-2)9-8-10-15(17)7-3/h8-10,13H,5-7,11-12H2,1-4H3,(H,19,23)(H,21,22). The molecule has 1 aromatic carbocycles. The van der Waals surface area contributed by atoms with Gasteiger partial charge in [-0.3, -0.25) is 14.5 Å². The molecule has 1 atom stereocenters. The van der Waals surface area contributed by atoms with Crippen molar-refractivity contribution >= 4 is 17.6 Å². The number of aryl methyl sites for hydroxylation is 2. The summed E-state index contributed by atoms with van der Waals surface area (Å²) >= 11 is 0. The molecule has 5 heteroatoms. The van der Waals surface area contributed by atoms with Crippen molar-refractivity contribution in [3.63, 3.8) is 0 Å². The van der Waals surface area contributed by atoms with Crippen molar-refractivity contribution < 1.29 is 14.7 Å². The van der Waals surface area contributed by atoms with E-state index in [1.54, 1.807) is 11.8 Å². The quantitative estimate of drug-likeness (QED) is 0.734. The van der Waals surface area contributed by atoms with E-state index >= 15 is 0 Å². The third kappa shape index (κ3) is 5.36. The number of anilines is 1. The molecule has 0 fully saturated rings. The van der Waals surface area contributed by atoms with E-state index in [1.807, 2.05) is 25.1 Å². The van der Waals surface area contributed by atoms with E-state index < -0.39 is 12.0 Å². The minimum absolute atomic E-state index is 0.127. The van der Waals surface area contributed by atoms with Crippen molar-refractivity contribution in [1.82, 2.24) is 4.90 Å². The summed E-state index contributed by atoms with van der Waals surface area (Å²) in [5.41, 5.74) is 3.08. The molecule has 1 rings (SSSR count). The second kappa shape index (κ2) is 9.30. The number of aliphatic carboxylic acids is 1. The third-order valence-corrected chi connectivity index (χ3v) is 4.02. The first-order valence-corrected chi connectivity index (χ1v) is 8.31. The number of nitrogens with one attached hydrogen (secondary N) is 1. The van der Waals surface area contributed by atoms with Gasteiger partial charge in [-0.05, 0) is 43.9 Å². The summed E-state index contributed by atoms with van der Waals surface area (Å²) in [7, 11) is 0. The van der Waals surface area contributed by atoms with Crippen molar-refractivity contribution in [2.24, 2.45) is 0 Å². The van der Waals surface area contributed by atoms with E-state index in [4.69, 9.17) is 5.11 Å². The van der Waals surface area contributed by atoms with Gasteiger partial charge in [-0.1, -0.05) is 39.0 Å². The van der Waals surface area contributed by atoms with Crippen LogP contribution in [0.1, 0.15) is 45.2 Å². The smallest absolute Gasteiger partial charge is 0.317 e. The Hall–Kier alpha value is -1.88. The number of carboxylic acids is 1. The lowest BCUT2D eigenvalue weighted by Gasteiger charge is -2.27. The molecule has 0 aliphatic carbocycles. The predicted molar refractivity (Wildman–Crippen MR) is 92.8 cm³/mol. The van der Waals surface area contributed by atoms with Crippen LogP contribution in [0.5, 0.6) is 0 Å². The van der Waals surface area contributed by atoms with E-state index in [9.17, 15) is 9.59 Å². The van der Waals surface area contributed by atoms with Gasteiger partial charge >= 0.3 is 5.97 Å². The van der Waals surface area contributed by atoms with Crippen LogP contribution in [0.2, 0.25) is 0 Å². The second-order valence-corrected chi connectivity index (χ2v) is 5.69. The molecule has 0 aliphatic heterocycles. The van der Waals surface area contributed by atoms with E-state index in [-0.39, 0.29) is 12.5 Å². The van der Waals surface area contributed by atoms with Crippen molar-refractivity contribution in [2.75, 3.05) is 18.4 Å². The molecule has 0 aromatic heterocycles. The summed E-state index contributed by atoms with van der Waals surface area (Å²) in [4.78, 5) is 25.3. The predicted octanol–water partition coefficient (Wildman–Crippen LogP) is 2.94. The summed E-state index contributed by atoms with van der Waals surface area (Å²) in [6.07, 6.45) is 2.48. The minimum atomic E-state index is -0.915. The number of carbonyl (C=O) groups is 2. The number of hydrogen-bond donors (Lipinski definition) is 2. The lowest BCUT2D eigenvalue weighted by molar-refractivity contribution is -0.139. The van der Waals surface area contributed by atoms with Gasteiger partial charge in [0.2, 0.25) is 5.91 Å². The Balaban J connectivity index is 2.95. The number of rotatable bonds is 9. The fourth-order valence-electron chi connectivity index (χ4n) is 2.67. The Morgan fingerprint density at radius 2 is 1.74 bits per heavy atom. The second-order valence-electron chi connectivity index (χ2n) is 5.69. The maximum atomic E-state index is 12.6. The van der Waals surface area contributed by atoms with E-state index in [1.165, 1.54) is 0 Å². The summed E-state index contributed by atoms with van der Waals surface area (Å²) < 4.78 is 0. The first-order valence-electron chi connectivity index (χ1n) is 8.31. The van der Waals surface area contributed by atoms with E-state index in [0.717, 1.165) is 36.1 Å². The van der Waals surface area contributed by atoms with Crippen LogP contribution in [-0.4, -0.2) is 41.0 Å². The summed E-state index contributed by atoms with van der Waals surface area (Å²) in [5.74, 6) is -1.07. The number of amides is 1. The molecule has 128 valence electrons. The molecule has 0 aliphatic rings. The summed E-state index contributed by atoms with van der Waals surface area (Å²) in [6.45, 7) is 8.30. The van der Waals surface area contributed by atoms with Gasteiger partial charge < -0.3 is 10.4 Å². The summed E-state index contributed by atoms with van der Waals surface area (Å²) in [6, 6.07) is 5.55. The van der Waals surface area contributed by atoms with Gasteiger partial charge in [0, 0.05) is 5.69 Å². The zero-order valence-corrected chi connectivity index (χ0v) is 14.6. The molecule has 0 saturated heterocycles. The Labute approximate surface area is 138 Å². The lowest BCUT2D eigenvalue weighted by Crippen LogP contribution is -2.45. The highest BCUT2D eigenvalue weighted by Crippen LogP contribution is 2.23. The van der Waals surface area contributed by atoms with Crippen molar-refractivity contribution in [2.45, 2.75) is 53.0 Å². The summed E-state index contributed by atoms with van der Waals surface area (Å²) in [5, 5.41) is 12.0. The highest BCUT2D eigenvalue weighted by molar-refractivity contribution is 5.96. The first-order chi connectivity index (χ1) is 10.9. The fourth-order valence-corrected chi connectivity index (χ4v) is 2.67. The zero-order chi connectivity index (χ0) is 17.4. The van der Waals surface area contributed by atoms with Gasteiger partial charge in [-0.2, -0.15) is 0 Å². The fraction of sp³-hybridized carbons (Fsp3) is 0.556. The molecular formula is C18H28N2O3. The molecule has 1 aromatic rings. The van der Waals surface area contributed by atoms with Gasteiger partial charge in [-0.15, -0.1) is 0 Å². The number of para-hydroxylation sites is 1. The van der Waals surface area contributed by atoms with Crippen molar-refractivity contribution in [3.05, 3.63) is 29.3 Å². The highest BCUT2D eigenvalue weighted by Gasteiger charge is 2.23. The monoisotopic (exact) mass is 320 g/mol. The molecule has 1 amide bonds. The molecule has 0 spiro atoms. The number of carboxylic acid groups (broad SMARTS) is 1. The molecule has 0 radical (unpaired) electrons. The molecule has 5 nitrogen and oxygen atoms in total. The minimum Gasteiger partial charge on any atom is -0.480 e. The number of nitrogens with zero attached hydrogens (tertiary/aromatic N) is 1. The van der Waals surface area contributed by atoms with Gasteiger partial charge in [0.1, 0.15) is 0 Å². The Bertz CT molecular complexity index is 521. The molecule has 23 heavy (non-hydrogen) atoms. The van der Waals surface area contributed by atoms with E-state index in [2.05, 4.69) is 19.2 Å². The number of hydrogen-bond acceptors (Lipinski definition) is 3. The third-order valence-electron chi connectivity index (χ3n) is 4.02. The Morgan fingerprint density at radius 1 is 1.17 bits per heavy atom. The highest BCUT2D eigenvalue weighted by atomic mass is 16.4. The topological polar surface area (TPSA) is 69.6 Å². The molecule has 0 saturated carbocycles. The van der Waals surface area contributed by atoms with Crippen LogP contribution in [-0.2, 0) is 22.4 Å². The molecule has 0 bridgehead atoms. The van der Waals surface area contributed by atoms with Crippen LogP contribution in [0.3, 0.4) is 0 Å². The average Bonchev–Trinajstić information content (AvgIpc) is 2.53.